The van der Waals surface area contributed by atoms with Crippen molar-refractivity contribution in [3.63, 3.8) is 0 Å². The highest BCUT2D eigenvalue weighted by molar-refractivity contribution is 5.50. The molecule has 0 aliphatic carbocycles. The fourth-order valence-corrected chi connectivity index (χ4v) is 1.72. The number of anilines is 1. The van der Waals surface area contributed by atoms with E-state index in [9.17, 15) is 0 Å². The van der Waals surface area contributed by atoms with Gasteiger partial charge in [-0.3, -0.25) is 4.98 Å². The second kappa shape index (κ2) is 6.77. The first-order valence-electron chi connectivity index (χ1n) is 6.19. The van der Waals surface area contributed by atoms with Gasteiger partial charge >= 0.3 is 0 Å². The molecular weight excluding hydrogens is 224 g/mol. The lowest BCUT2D eigenvalue weighted by atomic mass is 10.2. The minimum Gasteiger partial charge on any atom is -0.379 e. The van der Waals surface area contributed by atoms with Gasteiger partial charge in [0, 0.05) is 24.1 Å². The molecule has 0 unspecified atom stereocenters. The van der Waals surface area contributed by atoms with Gasteiger partial charge in [-0.1, -0.05) is 24.3 Å². The monoisotopic (exact) mass is 242 g/mol. The molecule has 0 spiro atoms. The summed E-state index contributed by atoms with van der Waals surface area (Å²) in [5.74, 6) is 0. The fraction of sp³-hybridized carbons (Fsp3) is 0.267. The van der Waals surface area contributed by atoms with E-state index in [4.69, 9.17) is 4.74 Å². The molecule has 0 amide bonds. The van der Waals surface area contributed by atoms with Crippen molar-refractivity contribution >= 4 is 5.69 Å². The van der Waals surface area contributed by atoms with E-state index in [-0.39, 0.29) is 0 Å². The Bertz CT molecular complexity index is 471. The third-order valence-corrected chi connectivity index (χ3v) is 2.67. The lowest BCUT2D eigenvalue weighted by Gasteiger charge is -2.11. The number of rotatable bonds is 6. The SMILES string of the molecule is CCOCc1ccccc1NCc1ccccn1. The summed E-state index contributed by atoms with van der Waals surface area (Å²) in [6, 6.07) is 14.1. The van der Waals surface area contributed by atoms with Crippen LogP contribution in [0.3, 0.4) is 0 Å². The molecule has 0 fully saturated rings. The van der Waals surface area contributed by atoms with E-state index in [1.807, 2.05) is 43.5 Å². The molecule has 1 aromatic heterocycles. The van der Waals surface area contributed by atoms with Crippen LogP contribution >= 0.6 is 0 Å². The van der Waals surface area contributed by atoms with Crippen molar-refractivity contribution in [2.24, 2.45) is 0 Å². The highest BCUT2D eigenvalue weighted by atomic mass is 16.5. The summed E-state index contributed by atoms with van der Waals surface area (Å²) in [6.07, 6.45) is 1.81. The molecule has 1 heterocycles. The van der Waals surface area contributed by atoms with Crippen molar-refractivity contribution in [2.75, 3.05) is 11.9 Å². The van der Waals surface area contributed by atoms with Crippen LogP contribution in [0.25, 0.3) is 0 Å². The van der Waals surface area contributed by atoms with Gasteiger partial charge < -0.3 is 10.1 Å². The van der Waals surface area contributed by atoms with Crippen molar-refractivity contribution in [3.05, 3.63) is 59.9 Å². The molecule has 0 bridgehead atoms. The predicted octanol–water partition coefficient (Wildman–Crippen LogP) is 3.23. The smallest absolute Gasteiger partial charge is 0.0736 e. The van der Waals surface area contributed by atoms with Gasteiger partial charge in [-0.25, -0.2) is 0 Å². The quantitative estimate of drug-likeness (QED) is 0.844. The number of benzene rings is 1. The summed E-state index contributed by atoms with van der Waals surface area (Å²) in [7, 11) is 0. The Morgan fingerprint density at radius 2 is 1.94 bits per heavy atom. The summed E-state index contributed by atoms with van der Waals surface area (Å²) in [6.45, 7) is 4.10. The van der Waals surface area contributed by atoms with Gasteiger partial charge in [0.15, 0.2) is 0 Å². The molecule has 3 heteroatoms. The van der Waals surface area contributed by atoms with Gasteiger partial charge in [-0.15, -0.1) is 0 Å². The van der Waals surface area contributed by atoms with E-state index >= 15 is 0 Å². The second-order valence-electron chi connectivity index (χ2n) is 3.97. The van der Waals surface area contributed by atoms with Gasteiger partial charge in [0.2, 0.25) is 0 Å². The molecule has 0 atom stereocenters. The Balaban J connectivity index is 2.00. The molecule has 18 heavy (non-hydrogen) atoms. The lowest BCUT2D eigenvalue weighted by molar-refractivity contribution is 0.134. The zero-order valence-corrected chi connectivity index (χ0v) is 10.6. The third-order valence-electron chi connectivity index (χ3n) is 2.67. The Morgan fingerprint density at radius 1 is 1.11 bits per heavy atom. The number of hydrogen-bond acceptors (Lipinski definition) is 3. The van der Waals surface area contributed by atoms with Crippen molar-refractivity contribution in [1.82, 2.24) is 4.98 Å². The van der Waals surface area contributed by atoms with E-state index in [0.717, 1.165) is 24.5 Å². The number of hydrogen-bond donors (Lipinski definition) is 1. The normalized spacial score (nSPS) is 10.3. The fourth-order valence-electron chi connectivity index (χ4n) is 1.72. The van der Waals surface area contributed by atoms with Crippen LogP contribution in [-0.2, 0) is 17.9 Å². The maximum Gasteiger partial charge on any atom is 0.0736 e. The molecule has 0 aliphatic heterocycles. The molecule has 3 nitrogen and oxygen atoms in total. The van der Waals surface area contributed by atoms with Crippen LogP contribution in [0.4, 0.5) is 5.69 Å². The first kappa shape index (κ1) is 12.6. The zero-order chi connectivity index (χ0) is 12.6. The molecule has 2 rings (SSSR count). The molecule has 1 aromatic carbocycles. The first-order valence-corrected chi connectivity index (χ1v) is 6.19. The van der Waals surface area contributed by atoms with E-state index < -0.39 is 0 Å². The molecule has 2 aromatic rings. The van der Waals surface area contributed by atoms with Crippen LogP contribution in [0, 0.1) is 0 Å². The Kier molecular flexibility index (Phi) is 4.73. The maximum atomic E-state index is 5.46. The van der Waals surface area contributed by atoms with Crippen molar-refractivity contribution in [2.45, 2.75) is 20.1 Å². The second-order valence-corrected chi connectivity index (χ2v) is 3.97. The Labute approximate surface area is 108 Å². The summed E-state index contributed by atoms with van der Waals surface area (Å²) < 4.78 is 5.46. The molecule has 0 radical (unpaired) electrons. The van der Waals surface area contributed by atoms with Crippen LogP contribution < -0.4 is 5.32 Å². The van der Waals surface area contributed by atoms with Crippen molar-refractivity contribution in [1.29, 1.82) is 0 Å². The molecule has 0 saturated heterocycles. The molecule has 0 aliphatic rings. The van der Waals surface area contributed by atoms with Crippen LogP contribution in [0.5, 0.6) is 0 Å². The molecule has 94 valence electrons. The number of para-hydroxylation sites is 1. The van der Waals surface area contributed by atoms with Gasteiger partial charge in [0.25, 0.3) is 0 Å². The lowest BCUT2D eigenvalue weighted by Crippen LogP contribution is -2.04. The molecule has 0 saturated carbocycles. The third kappa shape index (κ3) is 3.57. The number of nitrogens with one attached hydrogen (secondary N) is 1. The number of aromatic nitrogens is 1. The van der Waals surface area contributed by atoms with E-state index in [1.54, 1.807) is 0 Å². The van der Waals surface area contributed by atoms with Gasteiger partial charge in [-0.05, 0) is 25.1 Å². The summed E-state index contributed by atoms with van der Waals surface area (Å²) in [5, 5.41) is 3.40. The standard InChI is InChI=1S/C15H18N2O/c1-2-18-12-13-7-3-4-9-15(13)17-11-14-8-5-6-10-16-14/h3-10,17H,2,11-12H2,1H3. The molecular formula is C15H18N2O. The van der Waals surface area contributed by atoms with E-state index in [0.29, 0.717) is 6.61 Å². The molecule has 1 N–H and O–H groups in total. The highest BCUT2D eigenvalue weighted by Gasteiger charge is 2.01. The van der Waals surface area contributed by atoms with Gasteiger partial charge in [0.1, 0.15) is 0 Å². The maximum absolute atomic E-state index is 5.46. The predicted molar refractivity (Wildman–Crippen MR) is 73.3 cm³/mol. The van der Waals surface area contributed by atoms with E-state index in [1.165, 1.54) is 5.56 Å². The largest absolute Gasteiger partial charge is 0.379 e. The van der Waals surface area contributed by atoms with Gasteiger partial charge in [0.05, 0.1) is 18.8 Å². The average molecular weight is 242 g/mol. The first-order chi connectivity index (χ1) is 8.90. The zero-order valence-electron chi connectivity index (χ0n) is 10.6. The van der Waals surface area contributed by atoms with Gasteiger partial charge in [-0.2, -0.15) is 0 Å². The summed E-state index contributed by atoms with van der Waals surface area (Å²) >= 11 is 0. The minimum atomic E-state index is 0.641. The summed E-state index contributed by atoms with van der Waals surface area (Å²) in [5.41, 5.74) is 3.32. The van der Waals surface area contributed by atoms with E-state index in [2.05, 4.69) is 22.4 Å². The van der Waals surface area contributed by atoms with Crippen LogP contribution in [0.15, 0.2) is 48.7 Å². The number of pyridine rings is 1. The van der Waals surface area contributed by atoms with Crippen LogP contribution in [0.1, 0.15) is 18.2 Å². The summed E-state index contributed by atoms with van der Waals surface area (Å²) in [4.78, 5) is 4.29. The highest BCUT2D eigenvalue weighted by Crippen LogP contribution is 2.16. The minimum absolute atomic E-state index is 0.641. The topological polar surface area (TPSA) is 34.1 Å². The number of nitrogens with zero attached hydrogens (tertiary/aromatic N) is 1. The van der Waals surface area contributed by atoms with Crippen molar-refractivity contribution in [3.8, 4) is 0 Å². The van der Waals surface area contributed by atoms with Crippen LogP contribution in [-0.4, -0.2) is 11.6 Å². The Morgan fingerprint density at radius 3 is 2.72 bits per heavy atom. The number of ether oxygens (including phenoxy) is 1. The Hall–Kier alpha value is -1.87. The van der Waals surface area contributed by atoms with Crippen molar-refractivity contribution < 1.29 is 4.74 Å². The average Bonchev–Trinajstić information content (AvgIpc) is 2.45. The van der Waals surface area contributed by atoms with Crippen LogP contribution in [0.2, 0.25) is 0 Å².